The Bertz CT molecular complexity index is 1490. The molecule has 0 saturated carbocycles. The van der Waals surface area contributed by atoms with Gasteiger partial charge in [0, 0.05) is 24.9 Å². The van der Waals surface area contributed by atoms with Crippen LogP contribution in [0.1, 0.15) is 43.1 Å². The highest BCUT2D eigenvalue weighted by Gasteiger charge is 2.15. The first-order valence-electron chi connectivity index (χ1n) is 10.9. The van der Waals surface area contributed by atoms with E-state index in [2.05, 4.69) is 59.8 Å². The van der Waals surface area contributed by atoms with Gasteiger partial charge < -0.3 is 4.74 Å². The summed E-state index contributed by atoms with van der Waals surface area (Å²) in [5, 5.41) is 5.46. The number of benzene rings is 3. The van der Waals surface area contributed by atoms with Crippen molar-refractivity contribution >= 4 is 76.5 Å². The van der Waals surface area contributed by atoms with Crippen molar-refractivity contribution in [3.63, 3.8) is 0 Å². The lowest BCUT2D eigenvalue weighted by atomic mass is 10.1. The number of rotatable bonds is 7. The minimum absolute atomic E-state index is 0.0604. The first kappa shape index (κ1) is 26.1. The van der Waals surface area contributed by atoms with Gasteiger partial charge in [-0.3, -0.25) is 4.79 Å². The molecular formula is C26H21Br3ClN3O2. The Morgan fingerprint density at radius 2 is 1.83 bits per heavy atom. The molecule has 0 radical (unpaired) electrons. The molecule has 0 unspecified atom stereocenters. The highest BCUT2D eigenvalue weighted by Crippen LogP contribution is 2.28. The van der Waals surface area contributed by atoms with Crippen molar-refractivity contribution in [2.75, 3.05) is 0 Å². The Balaban J connectivity index is 1.62. The third kappa shape index (κ3) is 6.05. The number of ether oxygens (including phenoxy) is 1. The lowest BCUT2D eigenvalue weighted by Crippen LogP contribution is -2.23. The van der Waals surface area contributed by atoms with E-state index in [-0.39, 0.29) is 11.5 Å². The van der Waals surface area contributed by atoms with Crippen LogP contribution in [0.25, 0.3) is 10.9 Å². The van der Waals surface area contributed by atoms with Crippen LogP contribution in [0.5, 0.6) is 5.75 Å². The highest BCUT2D eigenvalue weighted by molar-refractivity contribution is 9.11. The van der Waals surface area contributed by atoms with Crippen molar-refractivity contribution < 1.29 is 4.74 Å². The summed E-state index contributed by atoms with van der Waals surface area (Å²) in [5.74, 6) is 1.24. The molecule has 0 fully saturated rings. The fraction of sp³-hybridized carbons (Fsp3) is 0.192. The standard InChI is InChI=1S/C26H21Br3ClN3O2/c1-3-15(2)25-32-23-8-7-18(27)11-20(23)26(34)33(25)31-13-16-4-9-24(22(30)10-16)35-14-17-5-6-19(28)12-21(17)29/h4-13,15H,3,14H2,1-2H3/t15-/m0/s1. The van der Waals surface area contributed by atoms with Crippen LogP contribution in [0, 0.1) is 0 Å². The normalized spacial score (nSPS) is 12.4. The number of nitrogens with zero attached hydrogens (tertiary/aromatic N) is 3. The molecule has 0 spiro atoms. The second kappa shape index (κ2) is 11.4. The molecule has 4 rings (SSSR count). The molecule has 0 amide bonds. The van der Waals surface area contributed by atoms with Crippen LogP contribution >= 0.6 is 59.4 Å². The molecule has 0 aliphatic heterocycles. The summed E-state index contributed by atoms with van der Waals surface area (Å²) in [7, 11) is 0. The van der Waals surface area contributed by atoms with Gasteiger partial charge in [0.15, 0.2) is 0 Å². The summed E-state index contributed by atoms with van der Waals surface area (Å²) in [5.41, 5.74) is 2.18. The summed E-state index contributed by atoms with van der Waals surface area (Å²) in [6, 6.07) is 16.8. The van der Waals surface area contributed by atoms with E-state index in [1.807, 2.05) is 43.3 Å². The molecule has 1 aromatic heterocycles. The predicted octanol–water partition coefficient (Wildman–Crippen LogP) is 8.31. The molecular weight excluding hydrogens is 661 g/mol. The molecule has 0 bridgehead atoms. The SMILES string of the molecule is CC[C@H](C)c1nc2ccc(Br)cc2c(=O)n1N=Cc1ccc(OCc2ccc(Br)cc2Br)c(Cl)c1. The third-order valence-corrected chi connectivity index (χ3v) is 7.58. The van der Waals surface area contributed by atoms with Gasteiger partial charge in [0.05, 0.1) is 22.1 Å². The third-order valence-electron chi connectivity index (χ3n) is 5.56. The second-order valence-electron chi connectivity index (χ2n) is 8.02. The van der Waals surface area contributed by atoms with Gasteiger partial charge in [-0.1, -0.05) is 79.3 Å². The van der Waals surface area contributed by atoms with Crippen LogP contribution in [0.4, 0.5) is 0 Å². The topological polar surface area (TPSA) is 56.5 Å². The maximum absolute atomic E-state index is 13.3. The lowest BCUT2D eigenvalue weighted by Gasteiger charge is -2.14. The van der Waals surface area contributed by atoms with Crippen LogP contribution in [-0.2, 0) is 6.61 Å². The van der Waals surface area contributed by atoms with E-state index in [0.29, 0.717) is 34.1 Å². The van der Waals surface area contributed by atoms with Crippen molar-refractivity contribution in [3.8, 4) is 5.75 Å². The molecule has 0 aliphatic carbocycles. The molecule has 1 heterocycles. The van der Waals surface area contributed by atoms with Gasteiger partial charge >= 0.3 is 0 Å². The van der Waals surface area contributed by atoms with E-state index in [1.54, 1.807) is 24.4 Å². The molecule has 0 saturated heterocycles. The maximum atomic E-state index is 13.3. The Labute approximate surface area is 233 Å². The monoisotopic (exact) mass is 679 g/mol. The van der Waals surface area contributed by atoms with E-state index in [9.17, 15) is 4.79 Å². The Morgan fingerprint density at radius 1 is 1.09 bits per heavy atom. The average molecular weight is 683 g/mol. The predicted molar refractivity (Wildman–Crippen MR) is 153 cm³/mol. The summed E-state index contributed by atoms with van der Waals surface area (Å²) in [4.78, 5) is 18.0. The smallest absolute Gasteiger partial charge is 0.282 e. The second-order valence-corrected chi connectivity index (χ2v) is 11.1. The van der Waals surface area contributed by atoms with Crippen molar-refractivity contribution in [2.24, 2.45) is 5.10 Å². The maximum Gasteiger partial charge on any atom is 0.282 e. The number of hydrogen-bond acceptors (Lipinski definition) is 4. The zero-order chi connectivity index (χ0) is 25.1. The number of hydrogen-bond donors (Lipinski definition) is 0. The fourth-order valence-electron chi connectivity index (χ4n) is 3.41. The quantitative estimate of drug-likeness (QED) is 0.184. The molecule has 0 N–H and O–H groups in total. The number of halogens is 4. The largest absolute Gasteiger partial charge is 0.487 e. The van der Waals surface area contributed by atoms with E-state index >= 15 is 0 Å². The zero-order valence-corrected chi connectivity index (χ0v) is 24.4. The van der Waals surface area contributed by atoms with Gasteiger partial charge in [-0.25, -0.2) is 4.98 Å². The summed E-state index contributed by atoms with van der Waals surface area (Å²) in [6.45, 7) is 4.46. The van der Waals surface area contributed by atoms with E-state index in [1.165, 1.54) is 4.68 Å². The summed E-state index contributed by atoms with van der Waals surface area (Å²) < 4.78 is 10.0. The Hall–Kier alpha value is -2.00. The number of aromatic nitrogens is 2. The van der Waals surface area contributed by atoms with Gasteiger partial charge in [-0.15, -0.1) is 0 Å². The lowest BCUT2D eigenvalue weighted by molar-refractivity contribution is 0.305. The van der Waals surface area contributed by atoms with Gasteiger partial charge in [0.25, 0.3) is 5.56 Å². The molecule has 35 heavy (non-hydrogen) atoms. The van der Waals surface area contributed by atoms with Crippen LogP contribution in [0.15, 0.2) is 77.9 Å². The summed E-state index contributed by atoms with van der Waals surface area (Å²) >= 11 is 16.9. The molecule has 4 aromatic rings. The van der Waals surface area contributed by atoms with Gasteiger partial charge in [-0.2, -0.15) is 9.78 Å². The first-order chi connectivity index (χ1) is 16.8. The first-order valence-corrected chi connectivity index (χ1v) is 13.7. The van der Waals surface area contributed by atoms with E-state index in [4.69, 9.17) is 21.3 Å². The van der Waals surface area contributed by atoms with Crippen LogP contribution in [0.2, 0.25) is 5.02 Å². The van der Waals surface area contributed by atoms with Gasteiger partial charge in [0.2, 0.25) is 0 Å². The van der Waals surface area contributed by atoms with Crippen LogP contribution in [-0.4, -0.2) is 15.9 Å². The summed E-state index contributed by atoms with van der Waals surface area (Å²) in [6.07, 6.45) is 2.44. The van der Waals surface area contributed by atoms with Crippen LogP contribution < -0.4 is 10.3 Å². The Morgan fingerprint density at radius 3 is 2.54 bits per heavy atom. The van der Waals surface area contributed by atoms with Crippen molar-refractivity contribution in [1.82, 2.24) is 9.66 Å². The Kier molecular flexibility index (Phi) is 8.47. The van der Waals surface area contributed by atoms with E-state index < -0.39 is 0 Å². The molecule has 180 valence electrons. The zero-order valence-electron chi connectivity index (χ0n) is 18.9. The fourth-order valence-corrected chi connectivity index (χ4v) is 5.18. The minimum atomic E-state index is -0.214. The number of fused-ring (bicyclic) bond motifs is 1. The van der Waals surface area contributed by atoms with Gasteiger partial charge in [0.1, 0.15) is 18.2 Å². The average Bonchev–Trinajstić information content (AvgIpc) is 2.83. The minimum Gasteiger partial charge on any atom is -0.487 e. The van der Waals surface area contributed by atoms with Crippen molar-refractivity contribution in [3.05, 3.63) is 100 Å². The van der Waals surface area contributed by atoms with Crippen molar-refractivity contribution in [2.45, 2.75) is 32.8 Å². The highest BCUT2D eigenvalue weighted by atomic mass is 79.9. The molecule has 1 atom stereocenters. The molecule has 5 nitrogen and oxygen atoms in total. The molecule has 9 heteroatoms. The molecule has 3 aromatic carbocycles. The van der Waals surface area contributed by atoms with Crippen molar-refractivity contribution in [1.29, 1.82) is 0 Å². The van der Waals surface area contributed by atoms with E-state index in [0.717, 1.165) is 31.0 Å². The molecule has 0 aliphatic rings. The van der Waals surface area contributed by atoms with Crippen LogP contribution in [0.3, 0.4) is 0 Å². The van der Waals surface area contributed by atoms with Gasteiger partial charge in [-0.05, 0) is 60.5 Å².